The molecule has 1 aromatic heterocycles. The number of ketones is 1. The van der Waals surface area contributed by atoms with Gasteiger partial charge in [0.25, 0.3) is 11.7 Å². The number of nitrogens with zero attached hydrogens (tertiary/aromatic N) is 2. The summed E-state index contributed by atoms with van der Waals surface area (Å²) in [5, 5.41) is 11.2. The van der Waals surface area contributed by atoms with Crippen LogP contribution in [0, 0.1) is 6.92 Å². The molecule has 0 unspecified atom stereocenters. The molecule has 3 aromatic rings. The van der Waals surface area contributed by atoms with Crippen LogP contribution in [-0.4, -0.2) is 33.3 Å². The number of ether oxygens (including phenoxy) is 1. The summed E-state index contributed by atoms with van der Waals surface area (Å²) in [6.07, 6.45) is 3.32. The summed E-state index contributed by atoms with van der Waals surface area (Å²) in [5.74, 6) is -0.837. The van der Waals surface area contributed by atoms with Gasteiger partial charge in [-0.2, -0.15) is 0 Å². The van der Waals surface area contributed by atoms with Gasteiger partial charge in [0.05, 0.1) is 18.2 Å². The Bertz CT molecular complexity index is 1170. The van der Waals surface area contributed by atoms with E-state index in [2.05, 4.69) is 4.98 Å². The van der Waals surface area contributed by atoms with Gasteiger partial charge >= 0.3 is 0 Å². The van der Waals surface area contributed by atoms with Crippen LogP contribution in [0.15, 0.2) is 78.6 Å². The van der Waals surface area contributed by atoms with Crippen molar-refractivity contribution in [2.24, 2.45) is 0 Å². The third kappa shape index (κ3) is 3.99. The Hall–Kier alpha value is -3.93. The van der Waals surface area contributed by atoms with Crippen LogP contribution < -0.4 is 4.74 Å². The van der Waals surface area contributed by atoms with E-state index in [-0.39, 0.29) is 17.9 Å². The molecule has 1 fully saturated rings. The zero-order chi connectivity index (χ0) is 22.7. The van der Waals surface area contributed by atoms with E-state index >= 15 is 0 Å². The summed E-state index contributed by atoms with van der Waals surface area (Å²) < 4.78 is 5.58. The maximum atomic E-state index is 13.1. The first-order valence-corrected chi connectivity index (χ1v) is 10.5. The van der Waals surface area contributed by atoms with Crippen LogP contribution in [0.5, 0.6) is 5.75 Å². The number of carbonyl (C=O) groups excluding carboxylic acids is 2. The number of aryl methyl sites for hydroxylation is 1. The minimum Gasteiger partial charge on any atom is -0.507 e. The van der Waals surface area contributed by atoms with Crippen molar-refractivity contribution < 1.29 is 19.4 Å². The number of hydrogen-bond acceptors (Lipinski definition) is 5. The SMILES string of the molecule is CCOc1ccc(C(O)=C2C(=O)C(=O)N(Cc3cccnc3)[C@H]2c2ccccc2)cc1C. The summed E-state index contributed by atoms with van der Waals surface area (Å²) in [5.41, 5.74) is 2.92. The number of aliphatic hydroxyl groups is 1. The minimum absolute atomic E-state index is 0.0775. The number of aromatic nitrogens is 1. The van der Waals surface area contributed by atoms with Crippen molar-refractivity contribution in [3.05, 3.63) is 101 Å². The maximum Gasteiger partial charge on any atom is 0.295 e. The highest BCUT2D eigenvalue weighted by Gasteiger charge is 2.46. The lowest BCUT2D eigenvalue weighted by molar-refractivity contribution is -0.140. The number of hydrogen-bond donors (Lipinski definition) is 1. The summed E-state index contributed by atoms with van der Waals surface area (Å²) in [7, 11) is 0. The molecule has 0 aliphatic carbocycles. The van der Waals surface area contributed by atoms with Crippen LogP contribution in [0.1, 0.15) is 35.2 Å². The Labute approximate surface area is 186 Å². The number of pyridine rings is 1. The Morgan fingerprint density at radius 1 is 1.09 bits per heavy atom. The Morgan fingerprint density at radius 2 is 1.88 bits per heavy atom. The highest BCUT2D eigenvalue weighted by molar-refractivity contribution is 6.46. The van der Waals surface area contributed by atoms with Crippen molar-refractivity contribution in [2.75, 3.05) is 6.61 Å². The summed E-state index contributed by atoms with van der Waals surface area (Å²) in [6.45, 7) is 4.51. The van der Waals surface area contributed by atoms with E-state index in [4.69, 9.17) is 4.74 Å². The third-order valence-corrected chi connectivity index (χ3v) is 5.48. The van der Waals surface area contributed by atoms with E-state index in [0.29, 0.717) is 17.9 Å². The van der Waals surface area contributed by atoms with Crippen molar-refractivity contribution in [3.63, 3.8) is 0 Å². The molecule has 0 radical (unpaired) electrons. The van der Waals surface area contributed by atoms with Gasteiger partial charge in [-0.25, -0.2) is 0 Å². The summed E-state index contributed by atoms with van der Waals surface area (Å²) >= 11 is 0. The number of amides is 1. The normalized spacial score (nSPS) is 17.6. The third-order valence-electron chi connectivity index (χ3n) is 5.48. The fraction of sp³-hybridized carbons (Fsp3) is 0.192. The zero-order valence-electron chi connectivity index (χ0n) is 18.0. The van der Waals surface area contributed by atoms with Gasteiger partial charge in [-0.05, 0) is 54.8 Å². The average Bonchev–Trinajstić information content (AvgIpc) is 3.06. The van der Waals surface area contributed by atoms with E-state index < -0.39 is 17.7 Å². The molecule has 2 aromatic carbocycles. The largest absolute Gasteiger partial charge is 0.507 e. The molecule has 0 saturated carbocycles. The van der Waals surface area contributed by atoms with Crippen molar-refractivity contribution in [1.29, 1.82) is 0 Å². The smallest absolute Gasteiger partial charge is 0.295 e. The standard InChI is InChI=1S/C26H24N2O4/c1-3-32-21-12-11-20(14-17(21)2)24(29)22-23(19-9-5-4-6-10-19)28(26(31)25(22)30)16-18-8-7-13-27-15-18/h4-15,23,29H,3,16H2,1-2H3/t23-/m0/s1. The molecule has 0 spiro atoms. The summed E-state index contributed by atoms with van der Waals surface area (Å²) in [4.78, 5) is 31.7. The molecule has 1 N–H and O–H groups in total. The van der Waals surface area contributed by atoms with Gasteiger partial charge in [-0.15, -0.1) is 0 Å². The van der Waals surface area contributed by atoms with Crippen molar-refractivity contribution in [1.82, 2.24) is 9.88 Å². The molecule has 4 rings (SSSR count). The quantitative estimate of drug-likeness (QED) is 0.357. The van der Waals surface area contributed by atoms with Gasteiger partial charge in [-0.3, -0.25) is 14.6 Å². The molecule has 162 valence electrons. The molecule has 1 aliphatic rings. The van der Waals surface area contributed by atoms with Gasteiger partial charge in [0.1, 0.15) is 11.5 Å². The van der Waals surface area contributed by atoms with Crippen molar-refractivity contribution in [2.45, 2.75) is 26.4 Å². The lowest BCUT2D eigenvalue weighted by Gasteiger charge is -2.25. The molecule has 0 bridgehead atoms. The number of aliphatic hydroxyl groups excluding tert-OH is 1. The first kappa shape index (κ1) is 21.3. The average molecular weight is 428 g/mol. The fourth-order valence-corrected chi connectivity index (χ4v) is 3.98. The van der Waals surface area contributed by atoms with Crippen LogP contribution in [0.4, 0.5) is 0 Å². The second-order valence-electron chi connectivity index (χ2n) is 7.61. The predicted molar refractivity (Wildman–Crippen MR) is 121 cm³/mol. The first-order valence-electron chi connectivity index (χ1n) is 10.5. The number of likely N-dealkylation sites (tertiary alicyclic amines) is 1. The topological polar surface area (TPSA) is 79.7 Å². The monoisotopic (exact) mass is 428 g/mol. The molecular formula is C26H24N2O4. The number of benzene rings is 2. The highest BCUT2D eigenvalue weighted by atomic mass is 16.5. The highest BCUT2D eigenvalue weighted by Crippen LogP contribution is 2.40. The lowest BCUT2D eigenvalue weighted by atomic mass is 9.94. The molecular weight excluding hydrogens is 404 g/mol. The molecule has 2 heterocycles. The van der Waals surface area contributed by atoms with Crippen LogP contribution in [-0.2, 0) is 16.1 Å². The van der Waals surface area contributed by atoms with E-state index in [1.54, 1.807) is 36.7 Å². The van der Waals surface area contributed by atoms with Gasteiger partial charge in [0.2, 0.25) is 0 Å². The zero-order valence-corrected chi connectivity index (χ0v) is 18.0. The Kier molecular flexibility index (Phi) is 6.03. The number of Topliss-reactive ketones (excluding diaryl/α,β-unsaturated/α-hetero) is 1. The van der Waals surface area contributed by atoms with Crippen LogP contribution in [0.2, 0.25) is 0 Å². The van der Waals surface area contributed by atoms with Crippen molar-refractivity contribution in [3.8, 4) is 5.75 Å². The van der Waals surface area contributed by atoms with Gasteiger partial charge < -0.3 is 14.7 Å². The molecule has 1 saturated heterocycles. The Balaban J connectivity index is 1.83. The molecule has 1 atom stereocenters. The van der Waals surface area contributed by atoms with E-state index in [1.807, 2.05) is 50.2 Å². The number of carbonyl (C=O) groups is 2. The van der Waals surface area contributed by atoms with E-state index in [9.17, 15) is 14.7 Å². The first-order chi connectivity index (χ1) is 15.5. The second-order valence-corrected chi connectivity index (χ2v) is 7.61. The predicted octanol–water partition coefficient (Wildman–Crippen LogP) is 4.41. The van der Waals surface area contributed by atoms with Crippen molar-refractivity contribution >= 4 is 17.4 Å². The lowest BCUT2D eigenvalue weighted by Crippen LogP contribution is -2.29. The maximum absolute atomic E-state index is 13.1. The Morgan fingerprint density at radius 3 is 2.53 bits per heavy atom. The molecule has 1 aliphatic heterocycles. The fourth-order valence-electron chi connectivity index (χ4n) is 3.98. The minimum atomic E-state index is -0.705. The molecule has 1 amide bonds. The van der Waals surface area contributed by atoms with Crippen LogP contribution in [0.3, 0.4) is 0 Å². The second kappa shape index (κ2) is 9.06. The molecule has 6 heteroatoms. The molecule has 6 nitrogen and oxygen atoms in total. The van der Waals surface area contributed by atoms with E-state index in [1.165, 1.54) is 4.90 Å². The van der Waals surface area contributed by atoms with Crippen LogP contribution >= 0.6 is 0 Å². The summed E-state index contributed by atoms with van der Waals surface area (Å²) in [6, 6.07) is 17.4. The molecule has 32 heavy (non-hydrogen) atoms. The van der Waals surface area contributed by atoms with Gasteiger partial charge in [0.15, 0.2) is 0 Å². The van der Waals surface area contributed by atoms with E-state index in [0.717, 1.165) is 16.7 Å². The number of rotatable bonds is 6. The van der Waals surface area contributed by atoms with Gasteiger partial charge in [-0.1, -0.05) is 36.4 Å². The van der Waals surface area contributed by atoms with Gasteiger partial charge in [0, 0.05) is 24.5 Å². The van der Waals surface area contributed by atoms with Crippen LogP contribution in [0.25, 0.3) is 5.76 Å².